The highest BCUT2D eigenvalue weighted by Gasteiger charge is 2.15. The van der Waals surface area contributed by atoms with E-state index in [9.17, 15) is 4.79 Å². The van der Waals surface area contributed by atoms with Gasteiger partial charge in [0.25, 0.3) is 0 Å². The Morgan fingerprint density at radius 1 is 1.13 bits per heavy atom. The van der Waals surface area contributed by atoms with Crippen LogP contribution in [0.15, 0.2) is 48.5 Å². The number of anilines is 1. The fourth-order valence-electron chi connectivity index (χ4n) is 2.88. The zero-order valence-electron chi connectivity index (χ0n) is 12.7. The molecule has 0 atom stereocenters. The van der Waals surface area contributed by atoms with Crippen molar-refractivity contribution in [1.29, 1.82) is 0 Å². The van der Waals surface area contributed by atoms with Crippen LogP contribution in [0.25, 0.3) is 10.9 Å². The van der Waals surface area contributed by atoms with Crippen LogP contribution in [0.5, 0.6) is 11.5 Å². The third-order valence-corrected chi connectivity index (χ3v) is 3.98. The lowest BCUT2D eigenvalue weighted by atomic mass is 10.2. The maximum absolute atomic E-state index is 12.4. The van der Waals surface area contributed by atoms with Gasteiger partial charge in [-0.2, -0.15) is 0 Å². The number of fused-ring (bicyclic) bond motifs is 2. The number of aryl methyl sites for hydroxylation is 1. The number of hydrogen-bond donors (Lipinski definition) is 1. The van der Waals surface area contributed by atoms with Crippen LogP contribution in [0.3, 0.4) is 0 Å². The van der Waals surface area contributed by atoms with E-state index in [0.717, 1.165) is 16.6 Å². The summed E-state index contributed by atoms with van der Waals surface area (Å²) >= 11 is 0. The van der Waals surface area contributed by atoms with Crippen LogP contribution in [0, 0.1) is 6.92 Å². The van der Waals surface area contributed by atoms with Gasteiger partial charge in [0.15, 0.2) is 11.5 Å². The Bertz CT molecular complexity index is 898. The van der Waals surface area contributed by atoms with Crippen molar-refractivity contribution in [1.82, 2.24) is 4.57 Å². The second kappa shape index (κ2) is 5.35. The molecule has 0 fully saturated rings. The summed E-state index contributed by atoms with van der Waals surface area (Å²) in [5.41, 5.74) is 2.83. The Morgan fingerprint density at radius 3 is 2.87 bits per heavy atom. The van der Waals surface area contributed by atoms with Gasteiger partial charge in [0, 0.05) is 23.0 Å². The van der Waals surface area contributed by atoms with Gasteiger partial charge in [0.1, 0.15) is 6.54 Å². The SMILES string of the molecule is Cc1cc2ccccc2n1CC(=O)Nc1ccc2c(c1)OCO2. The predicted octanol–water partition coefficient (Wildman–Crippen LogP) is 3.32. The molecular formula is C18H16N2O3. The van der Waals surface area contributed by atoms with Crippen LogP contribution < -0.4 is 14.8 Å². The largest absolute Gasteiger partial charge is 0.454 e. The maximum Gasteiger partial charge on any atom is 0.244 e. The minimum Gasteiger partial charge on any atom is -0.454 e. The van der Waals surface area contributed by atoms with Crippen LogP contribution in [-0.2, 0) is 11.3 Å². The number of benzene rings is 2. The van der Waals surface area contributed by atoms with Gasteiger partial charge in [0.2, 0.25) is 12.7 Å². The Morgan fingerprint density at radius 2 is 1.96 bits per heavy atom. The molecular weight excluding hydrogens is 292 g/mol. The molecule has 0 radical (unpaired) electrons. The summed E-state index contributed by atoms with van der Waals surface area (Å²) < 4.78 is 12.6. The van der Waals surface area contributed by atoms with E-state index >= 15 is 0 Å². The molecule has 0 spiro atoms. The van der Waals surface area contributed by atoms with Crippen molar-refractivity contribution < 1.29 is 14.3 Å². The number of carbonyl (C=O) groups is 1. The molecule has 3 aromatic rings. The van der Waals surface area contributed by atoms with Gasteiger partial charge in [-0.05, 0) is 36.6 Å². The van der Waals surface area contributed by atoms with Crippen molar-refractivity contribution in [3.05, 3.63) is 54.2 Å². The van der Waals surface area contributed by atoms with Gasteiger partial charge in [-0.1, -0.05) is 18.2 Å². The van der Waals surface area contributed by atoms with Gasteiger partial charge in [-0.25, -0.2) is 0 Å². The minimum absolute atomic E-state index is 0.0756. The Balaban J connectivity index is 1.54. The van der Waals surface area contributed by atoms with E-state index in [4.69, 9.17) is 9.47 Å². The van der Waals surface area contributed by atoms with Gasteiger partial charge in [-0.15, -0.1) is 0 Å². The van der Waals surface area contributed by atoms with Crippen molar-refractivity contribution in [2.75, 3.05) is 12.1 Å². The number of ether oxygens (including phenoxy) is 2. The number of amides is 1. The molecule has 0 saturated carbocycles. The molecule has 5 heteroatoms. The Labute approximate surface area is 133 Å². The molecule has 0 saturated heterocycles. The van der Waals surface area contributed by atoms with Gasteiger partial charge in [-0.3, -0.25) is 4.79 Å². The molecule has 2 heterocycles. The molecule has 1 aliphatic rings. The fraction of sp³-hybridized carbons (Fsp3) is 0.167. The highest BCUT2D eigenvalue weighted by atomic mass is 16.7. The van der Waals surface area contributed by atoms with Crippen molar-refractivity contribution in [3.63, 3.8) is 0 Å². The lowest BCUT2D eigenvalue weighted by Crippen LogP contribution is -2.19. The van der Waals surface area contributed by atoms with Crippen LogP contribution in [0.4, 0.5) is 5.69 Å². The van der Waals surface area contributed by atoms with E-state index in [0.29, 0.717) is 17.2 Å². The predicted molar refractivity (Wildman–Crippen MR) is 87.9 cm³/mol. The monoisotopic (exact) mass is 308 g/mol. The Hall–Kier alpha value is -2.95. The molecule has 116 valence electrons. The Kier molecular flexibility index (Phi) is 3.19. The first kappa shape index (κ1) is 13.7. The number of nitrogens with zero attached hydrogens (tertiary/aromatic N) is 1. The zero-order valence-corrected chi connectivity index (χ0v) is 12.7. The smallest absolute Gasteiger partial charge is 0.244 e. The van der Waals surface area contributed by atoms with Crippen molar-refractivity contribution in [2.45, 2.75) is 13.5 Å². The molecule has 0 unspecified atom stereocenters. The third-order valence-electron chi connectivity index (χ3n) is 3.98. The van der Waals surface area contributed by atoms with E-state index in [1.54, 1.807) is 12.1 Å². The summed E-state index contributed by atoms with van der Waals surface area (Å²) in [7, 11) is 0. The summed E-state index contributed by atoms with van der Waals surface area (Å²) in [6.07, 6.45) is 0. The normalized spacial score (nSPS) is 12.6. The topological polar surface area (TPSA) is 52.5 Å². The molecule has 1 aromatic heterocycles. The third kappa shape index (κ3) is 2.50. The van der Waals surface area contributed by atoms with Crippen molar-refractivity contribution in [3.8, 4) is 11.5 Å². The van der Waals surface area contributed by atoms with E-state index in [1.807, 2.05) is 35.8 Å². The lowest BCUT2D eigenvalue weighted by molar-refractivity contribution is -0.116. The molecule has 1 amide bonds. The molecule has 2 aromatic carbocycles. The van der Waals surface area contributed by atoms with Gasteiger partial charge >= 0.3 is 0 Å². The van der Waals surface area contributed by atoms with E-state index in [-0.39, 0.29) is 19.2 Å². The number of hydrogen-bond acceptors (Lipinski definition) is 3. The van der Waals surface area contributed by atoms with E-state index in [1.165, 1.54) is 0 Å². The second-order valence-corrected chi connectivity index (χ2v) is 5.55. The highest BCUT2D eigenvalue weighted by Crippen LogP contribution is 2.34. The maximum atomic E-state index is 12.4. The fourth-order valence-corrected chi connectivity index (χ4v) is 2.88. The second-order valence-electron chi connectivity index (χ2n) is 5.55. The summed E-state index contributed by atoms with van der Waals surface area (Å²) in [5.74, 6) is 1.29. The molecule has 4 rings (SSSR count). The zero-order chi connectivity index (χ0) is 15.8. The first-order valence-corrected chi connectivity index (χ1v) is 7.45. The van der Waals surface area contributed by atoms with Gasteiger partial charge < -0.3 is 19.4 Å². The average molecular weight is 308 g/mol. The summed E-state index contributed by atoms with van der Waals surface area (Å²) in [4.78, 5) is 12.4. The standard InChI is InChI=1S/C18H16N2O3/c1-12-8-13-4-2-3-5-15(13)20(12)10-18(21)19-14-6-7-16-17(9-14)23-11-22-16/h2-9H,10-11H2,1H3,(H,19,21). The van der Waals surface area contributed by atoms with Gasteiger partial charge in [0.05, 0.1) is 0 Å². The number of rotatable bonds is 3. The molecule has 5 nitrogen and oxygen atoms in total. The molecule has 0 bridgehead atoms. The van der Waals surface area contributed by atoms with Crippen LogP contribution in [0.1, 0.15) is 5.69 Å². The van der Waals surface area contributed by atoms with E-state index < -0.39 is 0 Å². The number of aromatic nitrogens is 1. The van der Waals surface area contributed by atoms with Crippen LogP contribution in [-0.4, -0.2) is 17.3 Å². The quantitative estimate of drug-likeness (QED) is 0.807. The average Bonchev–Trinajstić information content (AvgIpc) is 3.12. The van der Waals surface area contributed by atoms with Crippen LogP contribution >= 0.6 is 0 Å². The minimum atomic E-state index is -0.0756. The summed E-state index contributed by atoms with van der Waals surface area (Å²) in [6, 6.07) is 15.5. The summed E-state index contributed by atoms with van der Waals surface area (Å²) in [6.45, 7) is 2.50. The van der Waals surface area contributed by atoms with Crippen LogP contribution in [0.2, 0.25) is 0 Å². The number of para-hydroxylation sites is 1. The number of nitrogens with one attached hydrogen (secondary N) is 1. The van der Waals surface area contributed by atoms with E-state index in [2.05, 4.69) is 17.4 Å². The first-order valence-electron chi connectivity index (χ1n) is 7.45. The molecule has 1 aliphatic heterocycles. The summed E-state index contributed by atoms with van der Waals surface area (Å²) in [5, 5.41) is 4.05. The number of carbonyl (C=O) groups excluding carboxylic acids is 1. The molecule has 23 heavy (non-hydrogen) atoms. The highest BCUT2D eigenvalue weighted by molar-refractivity contribution is 5.92. The first-order chi connectivity index (χ1) is 11.2. The molecule has 1 N–H and O–H groups in total. The van der Waals surface area contributed by atoms with Crippen molar-refractivity contribution in [2.24, 2.45) is 0 Å². The van der Waals surface area contributed by atoms with Crippen molar-refractivity contribution >= 4 is 22.5 Å². The lowest BCUT2D eigenvalue weighted by Gasteiger charge is -2.10. The molecule has 0 aliphatic carbocycles.